The van der Waals surface area contributed by atoms with Gasteiger partial charge in [-0.2, -0.15) is 0 Å². The van der Waals surface area contributed by atoms with E-state index in [-0.39, 0.29) is 12.7 Å². The maximum Gasteiger partial charge on any atom is 0.407 e. The van der Waals surface area contributed by atoms with E-state index in [0.717, 1.165) is 59.4 Å². The Labute approximate surface area is 243 Å². The van der Waals surface area contributed by atoms with Crippen LogP contribution in [0.2, 0.25) is 0 Å². The zero-order valence-electron chi connectivity index (χ0n) is 23.9. The van der Waals surface area contributed by atoms with Crippen LogP contribution in [0.25, 0.3) is 0 Å². The summed E-state index contributed by atoms with van der Waals surface area (Å²) in [6.07, 6.45) is 3.34. The lowest BCUT2D eigenvalue weighted by atomic mass is 9.80. The van der Waals surface area contributed by atoms with Gasteiger partial charge in [0.2, 0.25) is 0 Å². The number of carbonyl (C=O) groups excluding carboxylic acids is 1. The van der Waals surface area contributed by atoms with Gasteiger partial charge in [0.25, 0.3) is 0 Å². The number of nitrogens with one attached hydrogen (secondary N) is 1. The van der Waals surface area contributed by atoms with Crippen molar-refractivity contribution in [3.8, 4) is 11.5 Å². The predicted octanol–water partition coefficient (Wildman–Crippen LogP) is 7.50. The highest BCUT2D eigenvalue weighted by molar-refractivity contribution is 5.67. The Morgan fingerprint density at radius 2 is 1.15 bits per heavy atom. The van der Waals surface area contributed by atoms with E-state index in [9.17, 15) is 4.79 Å². The second-order valence-electron chi connectivity index (χ2n) is 9.76. The minimum atomic E-state index is -0.802. The van der Waals surface area contributed by atoms with Gasteiger partial charge in [0.1, 0.15) is 23.7 Å². The Bertz CT molecular complexity index is 1260. The van der Waals surface area contributed by atoms with E-state index >= 15 is 0 Å². The van der Waals surface area contributed by atoms with Crippen molar-refractivity contribution in [2.75, 3.05) is 27.4 Å². The van der Waals surface area contributed by atoms with Crippen LogP contribution in [0, 0.1) is 0 Å². The molecule has 0 saturated heterocycles. The lowest BCUT2D eigenvalue weighted by Crippen LogP contribution is -2.33. The van der Waals surface area contributed by atoms with E-state index in [1.54, 1.807) is 14.2 Å². The molecule has 0 unspecified atom stereocenters. The molecular formula is C35H39NO5. The minimum Gasteiger partial charge on any atom is -0.497 e. The van der Waals surface area contributed by atoms with E-state index in [4.69, 9.17) is 18.9 Å². The average Bonchev–Trinajstić information content (AvgIpc) is 3.04. The molecule has 0 saturated carbocycles. The number of carbonyl (C=O) groups is 1. The molecule has 4 aromatic carbocycles. The van der Waals surface area contributed by atoms with Gasteiger partial charge in [-0.3, -0.25) is 0 Å². The highest BCUT2D eigenvalue weighted by Gasteiger charge is 2.37. The molecule has 0 spiro atoms. The lowest BCUT2D eigenvalue weighted by molar-refractivity contribution is 0.0106. The van der Waals surface area contributed by atoms with Crippen LogP contribution in [0.15, 0.2) is 109 Å². The molecule has 6 nitrogen and oxygen atoms in total. The average molecular weight is 554 g/mol. The molecule has 6 heteroatoms. The molecule has 0 fully saturated rings. The zero-order chi connectivity index (χ0) is 28.8. The number of hydrogen-bond acceptors (Lipinski definition) is 5. The summed E-state index contributed by atoms with van der Waals surface area (Å²) in [6.45, 7) is 1.43. The van der Waals surface area contributed by atoms with Gasteiger partial charge >= 0.3 is 6.09 Å². The molecule has 0 bridgehead atoms. The number of ether oxygens (including phenoxy) is 4. The first kappa shape index (κ1) is 29.7. The quantitative estimate of drug-likeness (QED) is 0.122. The number of methoxy groups -OCH3 is 2. The summed E-state index contributed by atoms with van der Waals surface area (Å²) in [6, 6.07) is 36.1. The van der Waals surface area contributed by atoms with Gasteiger partial charge in [0, 0.05) is 13.2 Å². The molecule has 0 heterocycles. The molecular weight excluding hydrogens is 514 g/mol. The molecule has 214 valence electrons. The first-order valence-electron chi connectivity index (χ1n) is 14.1. The van der Waals surface area contributed by atoms with E-state index < -0.39 is 5.60 Å². The fourth-order valence-corrected chi connectivity index (χ4v) is 4.84. The van der Waals surface area contributed by atoms with Crippen molar-refractivity contribution >= 4 is 6.09 Å². The normalized spacial score (nSPS) is 11.1. The van der Waals surface area contributed by atoms with Crippen molar-refractivity contribution in [1.29, 1.82) is 0 Å². The number of rotatable bonds is 15. The molecule has 4 rings (SSSR count). The van der Waals surface area contributed by atoms with Gasteiger partial charge in [-0.1, -0.05) is 97.8 Å². The smallest absolute Gasteiger partial charge is 0.407 e. The number of unbranched alkanes of at least 4 members (excludes halogenated alkanes) is 3. The predicted molar refractivity (Wildman–Crippen MR) is 161 cm³/mol. The summed E-state index contributed by atoms with van der Waals surface area (Å²) in [4.78, 5) is 12.0. The molecule has 1 N–H and O–H groups in total. The first-order valence-corrected chi connectivity index (χ1v) is 14.1. The third kappa shape index (κ3) is 8.12. The SMILES string of the molecule is COc1ccc(C(OCCCCCCNC(=O)OCc2ccccc2)(c2ccccc2)c2ccc(OC)cc2)cc1. The maximum absolute atomic E-state index is 12.0. The Hall–Kier alpha value is -4.29. The molecule has 0 aliphatic carbocycles. The van der Waals surface area contributed by atoms with E-state index in [1.807, 2.05) is 72.8 Å². The Kier molecular flexibility index (Phi) is 11.2. The highest BCUT2D eigenvalue weighted by atomic mass is 16.5. The summed E-state index contributed by atoms with van der Waals surface area (Å²) in [5.74, 6) is 1.59. The van der Waals surface area contributed by atoms with Crippen LogP contribution in [0.3, 0.4) is 0 Å². The first-order chi connectivity index (χ1) is 20.2. The maximum atomic E-state index is 12.0. The Morgan fingerprint density at radius 1 is 0.634 bits per heavy atom. The lowest BCUT2D eigenvalue weighted by Gasteiger charge is -2.36. The third-order valence-electron chi connectivity index (χ3n) is 7.05. The third-order valence-corrected chi connectivity index (χ3v) is 7.05. The van der Waals surface area contributed by atoms with Gasteiger partial charge < -0.3 is 24.3 Å². The monoisotopic (exact) mass is 553 g/mol. The number of amides is 1. The van der Waals surface area contributed by atoms with Crippen molar-refractivity contribution < 1.29 is 23.7 Å². The minimum absolute atomic E-state index is 0.273. The molecule has 4 aromatic rings. The fraction of sp³-hybridized carbons (Fsp3) is 0.286. The largest absolute Gasteiger partial charge is 0.497 e. The second kappa shape index (κ2) is 15.5. The standard InChI is InChI=1S/C35H39NO5/c1-38-32-21-17-30(18-22-32)35(29-15-9-6-10-16-29,31-19-23-33(39-2)24-20-31)41-26-12-4-3-11-25-36-34(37)40-27-28-13-7-5-8-14-28/h5-10,13-24H,3-4,11-12,25-27H2,1-2H3,(H,36,37). The number of benzene rings is 4. The Morgan fingerprint density at radius 3 is 1.71 bits per heavy atom. The summed E-state index contributed by atoms with van der Waals surface area (Å²) >= 11 is 0. The Balaban J connectivity index is 1.36. The zero-order valence-corrected chi connectivity index (χ0v) is 23.9. The molecule has 0 radical (unpaired) electrons. The van der Waals surface area contributed by atoms with Gasteiger partial charge in [-0.15, -0.1) is 0 Å². The van der Waals surface area contributed by atoms with E-state index in [1.165, 1.54) is 0 Å². The van der Waals surface area contributed by atoms with Crippen LogP contribution in [0.5, 0.6) is 11.5 Å². The van der Waals surface area contributed by atoms with Gasteiger partial charge in [0.05, 0.1) is 14.2 Å². The number of alkyl carbamates (subject to hydrolysis) is 1. The molecule has 41 heavy (non-hydrogen) atoms. The van der Waals surface area contributed by atoms with Gasteiger partial charge in [-0.05, 0) is 59.4 Å². The molecule has 0 aliphatic heterocycles. The van der Waals surface area contributed by atoms with Crippen LogP contribution < -0.4 is 14.8 Å². The topological polar surface area (TPSA) is 66.0 Å². The number of hydrogen-bond donors (Lipinski definition) is 1. The molecule has 1 amide bonds. The van der Waals surface area contributed by atoms with Crippen molar-refractivity contribution in [2.45, 2.75) is 37.9 Å². The van der Waals surface area contributed by atoms with Crippen LogP contribution in [-0.4, -0.2) is 33.5 Å². The summed E-state index contributed by atoms with van der Waals surface area (Å²) in [5.41, 5.74) is 3.26. The molecule has 0 aliphatic rings. The van der Waals surface area contributed by atoms with Gasteiger partial charge in [-0.25, -0.2) is 4.79 Å². The summed E-state index contributed by atoms with van der Waals surface area (Å²) in [5, 5.41) is 2.84. The van der Waals surface area contributed by atoms with Crippen LogP contribution in [0.1, 0.15) is 47.9 Å². The van der Waals surface area contributed by atoms with Crippen molar-refractivity contribution in [1.82, 2.24) is 5.32 Å². The van der Waals surface area contributed by atoms with Crippen molar-refractivity contribution in [2.24, 2.45) is 0 Å². The van der Waals surface area contributed by atoms with Gasteiger partial charge in [0.15, 0.2) is 0 Å². The van der Waals surface area contributed by atoms with E-state index in [2.05, 4.69) is 41.7 Å². The van der Waals surface area contributed by atoms with Crippen LogP contribution >= 0.6 is 0 Å². The summed E-state index contributed by atoms with van der Waals surface area (Å²) in [7, 11) is 3.34. The highest BCUT2D eigenvalue weighted by Crippen LogP contribution is 2.41. The van der Waals surface area contributed by atoms with Crippen LogP contribution in [0.4, 0.5) is 4.79 Å². The second-order valence-corrected chi connectivity index (χ2v) is 9.76. The van der Waals surface area contributed by atoms with Crippen LogP contribution in [-0.2, 0) is 21.7 Å². The van der Waals surface area contributed by atoms with Crippen molar-refractivity contribution in [3.05, 3.63) is 131 Å². The van der Waals surface area contributed by atoms with E-state index in [0.29, 0.717) is 13.2 Å². The molecule has 0 aromatic heterocycles. The molecule has 0 atom stereocenters. The fourth-order valence-electron chi connectivity index (χ4n) is 4.84. The van der Waals surface area contributed by atoms with Crippen molar-refractivity contribution in [3.63, 3.8) is 0 Å². The summed E-state index contributed by atoms with van der Waals surface area (Å²) < 4.78 is 23.0.